The molecule has 0 amide bonds. The van der Waals surface area contributed by atoms with E-state index in [1.807, 2.05) is 0 Å². The van der Waals surface area contributed by atoms with Crippen LogP contribution in [0.2, 0.25) is 0 Å². The molecule has 0 unspecified atom stereocenters. The quantitative estimate of drug-likeness (QED) is 0.380. The highest BCUT2D eigenvalue weighted by Crippen LogP contribution is 2.36. The first kappa shape index (κ1) is 23.2. The van der Waals surface area contributed by atoms with Crippen molar-refractivity contribution in [3.8, 4) is 11.1 Å². The summed E-state index contributed by atoms with van der Waals surface area (Å²) in [5, 5.41) is 0. The van der Waals surface area contributed by atoms with Crippen LogP contribution in [0.3, 0.4) is 0 Å². The van der Waals surface area contributed by atoms with Crippen molar-refractivity contribution in [2.24, 2.45) is 0 Å². The average molecular weight is 461 g/mol. The molecule has 2 aliphatic rings. The van der Waals surface area contributed by atoms with Crippen molar-refractivity contribution < 1.29 is 0 Å². The zero-order chi connectivity index (χ0) is 24.4. The van der Waals surface area contributed by atoms with Crippen LogP contribution in [0.4, 0.5) is 5.69 Å². The van der Waals surface area contributed by atoms with Crippen LogP contribution in [-0.4, -0.2) is 17.0 Å². The van der Waals surface area contributed by atoms with Gasteiger partial charge >= 0.3 is 0 Å². The number of rotatable bonds is 2. The first-order chi connectivity index (χ1) is 17.0. The Morgan fingerprint density at radius 1 is 0.657 bits per heavy atom. The van der Waals surface area contributed by atoms with Gasteiger partial charge in [-0.15, -0.1) is 0 Å². The van der Waals surface area contributed by atoms with E-state index in [1.54, 1.807) is 0 Å². The molecule has 0 fully saturated rings. The van der Waals surface area contributed by atoms with Crippen LogP contribution in [0.5, 0.6) is 0 Å². The van der Waals surface area contributed by atoms with Gasteiger partial charge in [0, 0.05) is 54.1 Å². The summed E-state index contributed by atoms with van der Waals surface area (Å²) < 4.78 is 0. The van der Waals surface area contributed by atoms with Crippen LogP contribution in [0.15, 0.2) is 103 Å². The van der Waals surface area contributed by atoms with E-state index in [-0.39, 0.29) is 0 Å². The van der Waals surface area contributed by atoms with Gasteiger partial charge < -0.3 is 9.80 Å². The van der Waals surface area contributed by atoms with Crippen LogP contribution in [0.1, 0.15) is 50.8 Å². The smallest absolute Gasteiger partial charge is 0.0451 e. The van der Waals surface area contributed by atoms with Crippen molar-refractivity contribution in [3.63, 3.8) is 0 Å². The van der Waals surface area contributed by atoms with E-state index in [2.05, 4.69) is 135 Å². The lowest BCUT2D eigenvalue weighted by atomic mass is 9.96. The van der Waals surface area contributed by atoms with Gasteiger partial charge in [0.2, 0.25) is 0 Å². The minimum atomic E-state index is 0.379. The second-order valence-electron chi connectivity index (χ2n) is 10.2. The maximum atomic E-state index is 2.58. The second kappa shape index (κ2) is 10.00. The third-order valence-corrected chi connectivity index (χ3v) is 7.12. The normalized spacial score (nSPS) is 15.7. The van der Waals surface area contributed by atoms with Crippen molar-refractivity contribution in [1.29, 1.82) is 0 Å². The Morgan fingerprint density at radius 2 is 1.31 bits per heavy atom. The highest BCUT2D eigenvalue weighted by molar-refractivity contribution is 5.80. The Kier molecular flexibility index (Phi) is 6.63. The summed E-state index contributed by atoms with van der Waals surface area (Å²) in [7, 11) is 0. The number of anilines is 1. The van der Waals surface area contributed by atoms with Gasteiger partial charge in [0.05, 0.1) is 0 Å². The van der Waals surface area contributed by atoms with E-state index in [9.17, 15) is 0 Å². The molecule has 0 saturated carbocycles. The Morgan fingerprint density at radius 3 is 2.06 bits per heavy atom. The van der Waals surface area contributed by atoms with Gasteiger partial charge in [0.1, 0.15) is 0 Å². The Hall–Kier alpha value is -3.52. The molecule has 3 aromatic rings. The van der Waals surface area contributed by atoms with Crippen LogP contribution in [0.25, 0.3) is 16.7 Å². The number of fused-ring (bicyclic) bond motifs is 7. The van der Waals surface area contributed by atoms with E-state index in [1.165, 1.54) is 44.8 Å². The third kappa shape index (κ3) is 4.84. The minimum absolute atomic E-state index is 0.379. The van der Waals surface area contributed by atoms with E-state index >= 15 is 0 Å². The van der Waals surface area contributed by atoms with E-state index in [0.29, 0.717) is 12.1 Å². The third-order valence-electron chi connectivity index (χ3n) is 7.12. The number of benzene rings is 3. The maximum absolute atomic E-state index is 2.58. The van der Waals surface area contributed by atoms with Crippen LogP contribution in [-0.2, 0) is 13.1 Å². The van der Waals surface area contributed by atoms with Crippen LogP contribution >= 0.6 is 0 Å². The molecule has 1 heterocycles. The van der Waals surface area contributed by atoms with E-state index < -0.39 is 0 Å². The lowest BCUT2D eigenvalue weighted by Crippen LogP contribution is -2.31. The molecule has 4 bridgehead atoms. The van der Waals surface area contributed by atoms with Gasteiger partial charge in [-0.05, 0) is 68.1 Å². The largest absolute Gasteiger partial charge is 0.367 e. The summed E-state index contributed by atoms with van der Waals surface area (Å²) in [6.45, 7) is 11.0. The van der Waals surface area contributed by atoms with E-state index in [0.717, 1.165) is 19.5 Å². The van der Waals surface area contributed by atoms with Crippen molar-refractivity contribution in [3.05, 3.63) is 119 Å². The second-order valence-corrected chi connectivity index (χ2v) is 10.2. The fourth-order valence-electron chi connectivity index (χ4n) is 5.32. The molecule has 5 rings (SSSR count). The minimum Gasteiger partial charge on any atom is -0.367 e. The molecule has 1 aliphatic heterocycles. The molecule has 0 saturated heterocycles. The molecule has 3 aromatic carbocycles. The van der Waals surface area contributed by atoms with Crippen molar-refractivity contribution in [2.45, 2.75) is 59.3 Å². The first-order valence-electron chi connectivity index (χ1n) is 12.9. The molecule has 178 valence electrons. The molecular formula is C33H36N2. The number of allylic oxidation sites excluding steroid dienone is 5. The molecule has 0 spiro atoms. The highest BCUT2D eigenvalue weighted by atomic mass is 15.2. The zero-order valence-corrected chi connectivity index (χ0v) is 21.4. The van der Waals surface area contributed by atoms with Gasteiger partial charge in [-0.2, -0.15) is 0 Å². The molecule has 2 heteroatoms. The average Bonchev–Trinajstić information content (AvgIpc) is 3.11. The molecule has 2 nitrogen and oxygen atoms in total. The molecule has 0 radical (unpaired) electrons. The predicted octanol–water partition coefficient (Wildman–Crippen LogP) is 8.22. The molecule has 1 aliphatic carbocycles. The summed E-state index contributed by atoms with van der Waals surface area (Å²) in [5.41, 5.74) is 10.6. The molecule has 0 N–H and O–H groups in total. The Bertz CT molecular complexity index is 1290. The van der Waals surface area contributed by atoms with Gasteiger partial charge in [-0.25, -0.2) is 0 Å². The molecule has 35 heavy (non-hydrogen) atoms. The summed E-state index contributed by atoms with van der Waals surface area (Å²) in [6.07, 6.45) is 9.89. The SMILES string of the molecule is CC(C)N1Cc2cccc(c2)-c2ccccc2N(C(C)C)Cc2cccc(c2)C2=C1CC=CC=C2. The Balaban J connectivity index is 1.76. The molecule has 0 atom stereocenters. The van der Waals surface area contributed by atoms with Gasteiger partial charge in [0.25, 0.3) is 0 Å². The van der Waals surface area contributed by atoms with E-state index in [4.69, 9.17) is 0 Å². The van der Waals surface area contributed by atoms with Crippen molar-refractivity contribution >= 4 is 11.3 Å². The summed E-state index contributed by atoms with van der Waals surface area (Å²) >= 11 is 0. The number of hydrogen-bond acceptors (Lipinski definition) is 2. The fraction of sp³-hybridized carbons (Fsp3) is 0.273. The fourth-order valence-corrected chi connectivity index (χ4v) is 5.32. The first-order valence-corrected chi connectivity index (χ1v) is 12.9. The standard InChI is InChI=1S/C33H36N2/c1-24(2)34-22-27-13-11-15-29(21-27)31-17-8-9-19-33(31)35(25(3)4)23-26-12-10-14-28(20-26)30-16-6-5-7-18-32(30)34/h5-17,19-21,24-25H,18,22-23H2,1-4H3. The van der Waals surface area contributed by atoms with Gasteiger partial charge in [0.15, 0.2) is 0 Å². The van der Waals surface area contributed by atoms with Crippen LogP contribution < -0.4 is 4.90 Å². The lowest BCUT2D eigenvalue weighted by molar-refractivity contribution is 0.272. The Labute approximate surface area is 210 Å². The molecular weight excluding hydrogens is 424 g/mol. The number of para-hydroxylation sites is 1. The molecule has 0 aromatic heterocycles. The summed E-state index contributed by atoms with van der Waals surface area (Å²) in [6, 6.07) is 27.9. The highest BCUT2D eigenvalue weighted by Gasteiger charge is 2.21. The van der Waals surface area contributed by atoms with Gasteiger partial charge in [-0.1, -0.05) is 78.9 Å². The number of hydrogen-bond donors (Lipinski definition) is 0. The summed E-state index contributed by atoms with van der Waals surface area (Å²) in [4.78, 5) is 5.12. The monoisotopic (exact) mass is 460 g/mol. The summed E-state index contributed by atoms with van der Waals surface area (Å²) in [5.74, 6) is 0. The van der Waals surface area contributed by atoms with Gasteiger partial charge in [-0.3, -0.25) is 0 Å². The zero-order valence-electron chi connectivity index (χ0n) is 21.4. The van der Waals surface area contributed by atoms with Crippen molar-refractivity contribution in [1.82, 2.24) is 4.90 Å². The maximum Gasteiger partial charge on any atom is 0.0451 e. The lowest BCUT2D eigenvalue weighted by Gasteiger charge is -2.34. The topological polar surface area (TPSA) is 6.48 Å². The number of nitrogens with zero attached hydrogens (tertiary/aromatic N) is 2. The van der Waals surface area contributed by atoms with Crippen LogP contribution in [0, 0.1) is 0 Å². The van der Waals surface area contributed by atoms with Crippen molar-refractivity contribution in [2.75, 3.05) is 4.90 Å². The predicted molar refractivity (Wildman–Crippen MR) is 150 cm³/mol.